The molecule has 0 unspecified atom stereocenters. The number of aromatic nitrogens is 2. The summed E-state index contributed by atoms with van der Waals surface area (Å²) < 4.78 is 36.4. The highest BCUT2D eigenvalue weighted by molar-refractivity contribution is 5.94. The van der Waals surface area contributed by atoms with Crippen LogP contribution in [-0.4, -0.2) is 51.3 Å². The van der Waals surface area contributed by atoms with E-state index in [0.717, 1.165) is 6.07 Å². The van der Waals surface area contributed by atoms with E-state index in [0.29, 0.717) is 0 Å². The number of aromatic amines is 1. The second-order valence-corrected chi connectivity index (χ2v) is 3.14. The molecule has 9 heteroatoms. The number of nitrogens with one attached hydrogen (secondary N) is 1. The molecule has 1 aromatic heterocycles. The van der Waals surface area contributed by atoms with Crippen molar-refractivity contribution >= 4 is 11.9 Å². The highest BCUT2D eigenvalue weighted by atomic mass is 19.4. The van der Waals surface area contributed by atoms with Crippen LogP contribution >= 0.6 is 0 Å². The fraction of sp³-hybridized carbons (Fsp3) is 0.375. The molecule has 2 N–H and O–H groups in total. The smallest absolute Gasteiger partial charge is 0.406 e. The molecule has 1 heterocycles. The Bertz CT molecular complexity index is 402. The number of carboxylic acids is 1. The zero-order valence-corrected chi connectivity index (χ0v) is 8.36. The van der Waals surface area contributed by atoms with E-state index >= 15 is 0 Å². The minimum absolute atomic E-state index is 0.176. The second kappa shape index (κ2) is 4.85. The van der Waals surface area contributed by atoms with Gasteiger partial charge >= 0.3 is 12.1 Å². The molecule has 0 aliphatic carbocycles. The Morgan fingerprint density at radius 2 is 2.12 bits per heavy atom. The van der Waals surface area contributed by atoms with Gasteiger partial charge in [0.1, 0.15) is 18.8 Å². The van der Waals surface area contributed by atoms with Gasteiger partial charge in [0.05, 0.1) is 0 Å². The second-order valence-electron chi connectivity index (χ2n) is 3.14. The van der Waals surface area contributed by atoms with Crippen LogP contribution < -0.4 is 0 Å². The van der Waals surface area contributed by atoms with Gasteiger partial charge in [-0.25, -0.2) is 0 Å². The van der Waals surface area contributed by atoms with Gasteiger partial charge in [-0.2, -0.15) is 18.3 Å². The van der Waals surface area contributed by atoms with Crippen LogP contribution in [0.3, 0.4) is 0 Å². The molecule has 6 nitrogen and oxygen atoms in total. The van der Waals surface area contributed by atoms with Crippen LogP contribution in [0.4, 0.5) is 13.2 Å². The molecule has 94 valence electrons. The normalized spacial score (nSPS) is 11.2. The molecule has 0 fully saturated rings. The van der Waals surface area contributed by atoms with Crippen molar-refractivity contribution in [3.8, 4) is 0 Å². The fourth-order valence-electron chi connectivity index (χ4n) is 1.12. The largest absolute Gasteiger partial charge is 0.480 e. The molecule has 1 rings (SSSR count). The lowest BCUT2D eigenvalue weighted by atomic mass is 10.3. The zero-order valence-electron chi connectivity index (χ0n) is 8.36. The Hall–Kier alpha value is -2.06. The van der Waals surface area contributed by atoms with E-state index in [1.165, 1.54) is 6.20 Å². The quantitative estimate of drug-likeness (QED) is 0.815. The highest BCUT2D eigenvalue weighted by Gasteiger charge is 2.34. The van der Waals surface area contributed by atoms with Crippen LogP contribution in [0.15, 0.2) is 12.3 Å². The van der Waals surface area contributed by atoms with Crippen molar-refractivity contribution in [2.24, 2.45) is 0 Å². The maximum Gasteiger partial charge on any atom is 0.406 e. The maximum atomic E-state index is 12.1. The van der Waals surface area contributed by atoms with Crippen molar-refractivity contribution in [1.29, 1.82) is 0 Å². The van der Waals surface area contributed by atoms with Crippen molar-refractivity contribution in [2.75, 3.05) is 13.1 Å². The number of carbonyl (C=O) groups is 2. The number of carbonyl (C=O) groups excluding carboxylic acids is 1. The molecule has 0 aromatic carbocycles. The third-order valence-corrected chi connectivity index (χ3v) is 1.71. The molecule has 0 aliphatic heterocycles. The number of H-pyrrole nitrogens is 1. The summed E-state index contributed by atoms with van der Waals surface area (Å²) in [5.41, 5.74) is -0.199. The summed E-state index contributed by atoms with van der Waals surface area (Å²) in [6.07, 6.45) is -3.48. The van der Waals surface area contributed by atoms with E-state index in [1.807, 2.05) is 0 Å². The number of nitrogens with zero attached hydrogens (tertiary/aromatic N) is 2. The van der Waals surface area contributed by atoms with Gasteiger partial charge in [-0.1, -0.05) is 0 Å². The number of aliphatic carboxylic acids is 1. The van der Waals surface area contributed by atoms with Crippen LogP contribution in [0.1, 0.15) is 10.5 Å². The molecule has 0 atom stereocenters. The number of alkyl halides is 3. The molecule has 1 aromatic rings. The van der Waals surface area contributed by atoms with Gasteiger partial charge < -0.3 is 10.0 Å². The summed E-state index contributed by atoms with van der Waals surface area (Å²) in [6.45, 7) is -2.66. The topological polar surface area (TPSA) is 86.3 Å². The molecule has 0 saturated carbocycles. The number of carboxylic acid groups (broad SMARTS) is 1. The third-order valence-electron chi connectivity index (χ3n) is 1.71. The van der Waals surface area contributed by atoms with E-state index in [4.69, 9.17) is 5.11 Å². The molecular formula is C8H8F3N3O3. The first kappa shape index (κ1) is 13.0. The predicted octanol–water partition coefficient (Wildman–Crippen LogP) is 0.499. The van der Waals surface area contributed by atoms with Gasteiger partial charge in [0.15, 0.2) is 0 Å². The Morgan fingerprint density at radius 1 is 1.47 bits per heavy atom. The van der Waals surface area contributed by atoms with Gasteiger partial charge in [-0.3, -0.25) is 14.7 Å². The molecule has 0 saturated heterocycles. The van der Waals surface area contributed by atoms with Crippen molar-refractivity contribution in [3.05, 3.63) is 18.0 Å². The highest BCUT2D eigenvalue weighted by Crippen LogP contribution is 2.17. The molecule has 0 radical (unpaired) electrons. The molecular weight excluding hydrogens is 243 g/mol. The van der Waals surface area contributed by atoms with Gasteiger partial charge in [0.25, 0.3) is 5.91 Å². The van der Waals surface area contributed by atoms with Gasteiger partial charge in [0, 0.05) is 6.20 Å². The van der Waals surface area contributed by atoms with Crippen molar-refractivity contribution in [3.63, 3.8) is 0 Å². The van der Waals surface area contributed by atoms with E-state index in [2.05, 4.69) is 10.2 Å². The number of halogens is 3. The van der Waals surface area contributed by atoms with Gasteiger partial charge in [0.2, 0.25) is 0 Å². The maximum absolute atomic E-state index is 12.1. The molecule has 0 bridgehead atoms. The van der Waals surface area contributed by atoms with Crippen LogP contribution in [0.5, 0.6) is 0 Å². The zero-order chi connectivity index (χ0) is 13.1. The summed E-state index contributed by atoms with van der Waals surface area (Å²) in [4.78, 5) is 22.1. The minimum atomic E-state index is -4.66. The lowest BCUT2D eigenvalue weighted by Crippen LogP contribution is -2.42. The number of hydrogen-bond donors (Lipinski definition) is 2. The Morgan fingerprint density at radius 3 is 2.53 bits per heavy atom. The van der Waals surface area contributed by atoms with Crippen molar-refractivity contribution < 1.29 is 27.9 Å². The first-order chi connectivity index (χ1) is 7.79. The minimum Gasteiger partial charge on any atom is -0.480 e. The first-order valence-corrected chi connectivity index (χ1v) is 4.37. The van der Waals surface area contributed by atoms with E-state index < -0.39 is 31.1 Å². The summed E-state index contributed by atoms with van der Waals surface area (Å²) in [5, 5.41) is 14.0. The first-order valence-electron chi connectivity index (χ1n) is 4.37. The van der Waals surface area contributed by atoms with Gasteiger partial charge in [-0.15, -0.1) is 0 Å². The van der Waals surface area contributed by atoms with E-state index in [-0.39, 0.29) is 10.6 Å². The van der Waals surface area contributed by atoms with Crippen LogP contribution in [0.25, 0.3) is 0 Å². The fourth-order valence-corrected chi connectivity index (χ4v) is 1.12. The van der Waals surface area contributed by atoms with Crippen LogP contribution in [0, 0.1) is 0 Å². The summed E-state index contributed by atoms with van der Waals surface area (Å²) >= 11 is 0. The summed E-state index contributed by atoms with van der Waals surface area (Å²) in [6, 6.07) is 1.16. The van der Waals surface area contributed by atoms with E-state index in [9.17, 15) is 22.8 Å². The van der Waals surface area contributed by atoms with Gasteiger partial charge in [-0.05, 0) is 6.07 Å². The van der Waals surface area contributed by atoms with Crippen molar-refractivity contribution in [1.82, 2.24) is 15.1 Å². The number of hydrogen-bond acceptors (Lipinski definition) is 3. The molecule has 1 amide bonds. The lowest BCUT2D eigenvalue weighted by Gasteiger charge is -2.21. The predicted molar refractivity (Wildman–Crippen MR) is 48.2 cm³/mol. The SMILES string of the molecule is O=C(O)CN(CC(F)(F)F)C(=O)c1ccn[nH]1. The molecule has 0 spiro atoms. The average molecular weight is 251 g/mol. The summed E-state index contributed by atoms with van der Waals surface area (Å²) in [5.74, 6) is -2.59. The third kappa shape index (κ3) is 4.13. The number of amides is 1. The average Bonchev–Trinajstić information content (AvgIpc) is 2.65. The van der Waals surface area contributed by atoms with Crippen molar-refractivity contribution in [2.45, 2.75) is 6.18 Å². The van der Waals surface area contributed by atoms with Crippen LogP contribution in [0.2, 0.25) is 0 Å². The summed E-state index contributed by atoms with van der Waals surface area (Å²) in [7, 11) is 0. The lowest BCUT2D eigenvalue weighted by molar-refractivity contribution is -0.149. The van der Waals surface area contributed by atoms with Crippen LogP contribution in [-0.2, 0) is 4.79 Å². The Balaban J connectivity index is 2.83. The number of rotatable bonds is 4. The Kier molecular flexibility index (Phi) is 3.71. The standard InChI is InChI=1S/C8H8F3N3O3/c9-8(10,11)4-14(3-6(15)16)7(17)5-1-2-12-13-5/h1-2H,3-4H2,(H,12,13)(H,15,16). The molecule has 0 aliphatic rings. The molecule has 17 heavy (non-hydrogen) atoms. The van der Waals surface area contributed by atoms with E-state index in [1.54, 1.807) is 0 Å². The Labute approximate surface area is 93.0 Å². The monoisotopic (exact) mass is 251 g/mol.